The first-order chi connectivity index (χ1) is 17.1. The molecule has 1 aliphatic rings. The van der Waals surface area contributed by atoms with E-state index in [2.05, 4.69) is 77.1 Å². The predicted molar refractivity (Wildman–Crippen MR) is 154 cm³/mol. The van der Waals surface area contributed by atoms with Crippen molar-refractivity contribution in [2.24, 2.45) is 0 Å². The van der Waals surface area contributed by atoms with E-state index in [4.69, 9.17) is 14.2 Å². The minimum absolute atomic E-state index is 0.277. The number of ether oxygens (including phenoxy) is 3. The zero-order valence-corrected chi connectivity index (χ0v) is 24.9. The number of allylic oxidation sites excluding steroid dienone is 1. The van der Waals surface area contributed by atoms with Crippen molar-refractivity contribution in [1.82, 2.24) is 4.90 Å². The van der Waals surface area contributed by atoms with E-state index in [0.717, 1.165) is 54.3 Å². The Morgan fingerprint density at radius 3 is 2.56 bits per heavy atom. The molecular formula is C29H42NO4PSi. The largest absolute Gasteiger partial charge is 0.496 e. The molecule has 0 bridgehead atoms. The van der Waals surface area contributed by atoms with Gasteiger partial charge in [0.2, 0.25) is 0 Å². The summed E-state index contributed by atoms with van der Waals surface area (Å²) >= 11 is 0. The van der Waals surface area contributed by atoms with Crippen LogP contribution in [0.25, 0.3) is 0 Å². The van der Waals surface area contributed by atoms with E-state index in [1.165, 1.54) is 11.1 Å². The summed E-state index contributed by atoms with van der Waals surface area (Å²) < 4.78 is 17.7. The van der Waals surface area contributed by atoms with Gasteiger partial charge < -0.3 is 14.2 Å². The fourth-order valence-electron chi connectivity index (χ4n) is 4.56. The molecule has 2 aromatic carbocycles. The normalized spacial score (nSPS) is 13.7. The molecule has 0 radical (unpaired) electrons. The van der Waals surface area contributed by atoms with Gasteiger partial charge in [0.25, 0.3) is 0 Å². The highest BCUT2D eigenvalue weighted by Crippen LogP contribution is 2.43. The smallest absolute Gasteiger partial charge is 0.342 e. The summed E-state index contributed by atoms with van der Waals surface area (Å²) in [5.41, 5.74) is 5.96. The average Bonchev–Trinajstić information content (AvgIpc) is 3.21. The van der Waals surface area contributed by atoms with Gasteiger partial charge in [0, 0.05) is 38.8 Å². The number of hydrogen-bond donors (Lipinski definition) is 0. The van der Waals surface area contributed by atoms with Crippen LogP contribution in [-0.2, 0) is 24.3 Å². The first-order valence-corrected chi connectivity index (χ1v) is 17.3. The number of benzene rings is 2. The summed E-state index contributed by atoms with van der Waals surface area (Å²) in [5.74, 6) is 1.14. The lowest BCUT2D eigenvalue weighted by molar-refractivity contribution is 0.0532. The number of cyclic esters (lactones) is 1. The number of carbonyl (C=O) groups is 1. The van der Waals surface area contributed by atoms with Crippen LogP contribution in [0.5, 0.6) is 11.5 Å². The van der Waals surface area contributed by atoms with E-state index < -0.39 is 8.07 Å². The van der Waals surface area contributed by atoms with Gasteiger partial charge in [0.05, 0.1) is 13.7 Å². The van der Waals surface area contributed by atoms with Crippen LogP contribution in [-0.4, -0.2) is 51.9 Å². The molecule has 0 amide bonds. The summed E-state index contributed by atoms with van der Waals surface area (Å²) in [7, 11) is 3.24. The molecule has 3 rings (SSSR count). The second-order valence-electron chi connectivity index (χ2n) is 10.8. The van der Waals surface area contributed by atoms with Crippen molar-refractivity contribution in [2.45, 2.75) is 59.1 Å². The highest BCUT2D eigenvalue weighted by molar-refractivity contribution is 7.16. The highest BCUT2D eigenvalue weighted by atomic mass is 31.0. The third-order valence-electron chi connectivity index (χ3n) is 6.55. The van der Waals surface area contributed by atoms with Crippen LogP contribution < -0.4 is 9.47 Å². The van der Waals surface area contributed by atoms with Crippen molar-refractivity contribution in [3.8, 4) is 11.5 Å². The zero-order valence-electron chi connectivity index (χ0n) is 22.8. The number of hydrogen-bond acceptors (Lipinski definition) is 5. The van der Waals surface area contributed by atoms with Gasteiger partial charge in [-0.25, -0.2) is 4.79 Å². The molecule has 0 aromatic heterocycles. The molecule has 0 saturated carbocycles. The quantitative estimate of drug-likeness (QED) is 0.133. The summed E-state index contributed by atoms with van der Waals surface area (Å²) in [6, 6.07) is 11.6. The molecule has 1 heterocycles. The van der Waals surface area contributed by atoms with Crippen LogP contribution in [0.4, 0.5) is 0 Å². The van der Waals surface area contributed by atoms with E-state index in [0.29, 0.717) is 24.3 Å². The van der Waals surface area contributed by atoms with E-state index in [1.807, 2.05) is 6.92 Å². The topological polar surface area (TPSA) is 48.0 Å². The minimum Gasteiger partial charge on any atom is -0.496 e. The Balaban J connectivity index is 1.88. The van der Waals surface area contributed by atoms with E-state index in [9.17, 15) is 4.79 Å². The summed E-state index contributed by atoms with van der Waals surface area (Å²) in [5, 5.41) is 0. The van der Waals surface area contributed by atoms with Crippen LogP contribution in [0, 0.1) is 6.92 Å². The molecule has 2 aromatic rings. The lowest BCUT2D eigenvalue weighted by Crippen LogP contribution is -2.27. The zero-order chi connectivity index (χ0) is 26.3. The van der Waals surface area contributed by atoms with Gasteiger partial charge in [-0.1, -0.05) is 61.6 Å². The summed E-state index contributed by atoms with van der Waals surface area (Å²) in [4.78, 5) is 15.2. The SMILES string of the molecule is COc1c(C)c2c(c(OCC[Si](C)(C)C)c1C/C=C(\C)CN(CCP)Cc1ccccc1)C(=O)OC2. The minimum atomic E-state index is -1.29. The fraction of sp³-hybridized carbons (Fsp3) is 0.483. The molecule has 7 heteroatoms. The van der Waals surface area contributed by atoms with E-state index >= 15 is 0 Å². The molecule has 0 N–H and O–H groups in total. The molecule has 1 unspecified atom stereocenters. The Hall–Kier alpha value is -2.14. The number of esters is 1. The van der Waals surface area contributed by atoms with Gasteiger partial charge in [-0.05, 0) is 43.6 Å². The third kappa shape index (κ3) is 7.44. The van der Waals surface area contributed by atoms with Crippen molar-refractivity contribution in [1.29, 1.82) is 0 Å². The lowest BCUT2D eigenvalue weighted by Gasteiger charge is -2.23. The number of rotatable bonds is 13. The second kappa shape index (κ2) is 12.9. The molecule has 0 saturated heterocycles. The van der Waals surface area contributed by atoms with Gasteiger partial charge in [0.1, 0.15) is 23.7 Å². The van der Waals surface area contributed by atoms with Crippen molar-refractivity contribution in [3.05, 3.63) is 69.8 Å². The van der Waals surface area contributed by atoms with Crippen molar-refractivity contribution >= 4 is 23.3 Å². The first-order valence-electron chi connectivity index (χ1n) is 12.8. The van der Waals surface area contributed by atoms with Crippen molar-refractivity contribution in [2.75, 3.05) is 33.0 Å². The van der Waals surface area contributed by atoms with Crippen LogP contribution in [0.3, 0.4) is 0 Å². The Labute approximate surface area is 220 Å². The maximum absolute atomic E-state index is 12.7. The maximum atomic E-state index is 12.7. The number of methoxy groups -OCH3 is 1. The molecule has 36 heavy (non-hydrogen) atoms. The molecule has 0 spiro atoms. The van der Waals surface area contributed by atoms with Crippen LogP contribution in [0.15, 0.2) is 42.0 Å². The van der Waals surface area contributed by atoms with E-state index in [1.54, 1.807) is 7.11 Å². The molecule has 0 aliphatic carbocycles. The summed E-state index contributed by atoms with van der Waals surface area (Å²) in [6.07, 6.45) is 3.91. The van der Waals surface area contributed by atoms with Gasteiger partial charge in [-0.2, -0.15) is 0 Å². The molecular weight excluding hydrogens is 485 g/mol. The van der Waals surface area contributed by atoms with Crippen molar-refractivity contribution in [3.63, 3.8) is 0 Å². The van der Waals surface area contributed by atoms with E-state index in [-0.39, 0.29) is 12.6 Å². The highest BCUT2D eigenvalue weighted by Gasteiger charge is 2.33. The number of fused-ring (bicyclic) bond motifs is 1. The molecule has 1 aliphatic heterocycles. The average molecular weight is 528 g/mol. The third-order valence-corrected chi connectivity index (χ3v) is 8.51. The Morgan fingerprint density at radius 2 is 1.92 bits per heavy atom. The Morgan fingerprint density at radius 1 is 1.19 bits per heavy atom. The van der Waals surface area contributed by atoms with Gasteiger partial charge in [-0.3, -0.25) is 4.90 Å². The molecule has 196 valence electrons. The second-order valence-corrected chi connectivity index (χ2v) is 17.0. The van der Waals surface area contributed by atoms with Crippen LogP contribution in [0.2, 0.25) is 25.7 Å². The van der Waals surface area contributed by atoms with Crippen LogP contribution in [0.1, 0.15) is 39.5 Å². The number of carbonyl (C=O) groups excluding carboxylic acids is 1. The van der Waals surface area contributed by atoms with Gasteiger partial charge in [0.15, 0.2) is 0 Å². The maximum Gasteiger partial charge on any atom is 0.342 e. The predicted octanol–water partition coefficient (Wildman–Crippen LogP) is 6.26. The van der Waals surface area contributed by atoms with Crippen LogP contribution >= 0.6 is 9.24 Å². The number of nitrogens with zero attached hydrogens (tertiary/aromatic N) is 1. The lowest BCUT2D eigenvalue weighted by atomic mass is 9.94. The fourth-order valence-corrected chi connectivity index (χ4v) is 5.64. The first kappa shape index (κ1) is 28.4. The molecule has 1 atom stereocenters. The summed E-state index contributed by atoms with van der Waals surface area (Å²) in [6.45, 7) is 14.8. The Bertz CT molecular complexity index is 1080. The monoisotopic (exact) mass is 527 g/mol. The molecule has 5 nitrogen and oxygen atoms in total. The van der Waals surface area contributed by atoms with Crippen molar-refractivity contribution < 1.29 is 19.0 Å². The molecule has 0 fully saturated rings. The standard InChI is InChI=1S/C29H42NO4PSi/c1-21(18-30(14-16-35)19-23-10-8-7-9-11-23)12-13-24-27(32-3)22(2)25-20-34-29(31)26(25)28(24)33-15-17-36(4,5)6/h7-12H,13-20,35H2,1-6H3/b21-12+. The Kier molecular flexibility index (Phi) is 10.2. The van der Waals surface area contributed by atoms with Gasteiger partial charge >= 0.3 is 5.97 Å². The van der Waals surface area contributed by atoms with Gasteiger partial charge in [-0.15, -0.1) is 9.24 Å².